The topological polar surface area (TPSA) is 93.4 Å². The fourth-order valence-corrected chi connectivity index (χ4v) is 8.45. The number of fused-ring (bicyclic) bond motifs is 1. The Kier molecular flexibility index (Phi) is 7.53. The SMILES string of the molecule is Cc1c(Sc2ccc(S(=O)(=O)C3CCCCCCC3)cc2)c2c(n1CC(=O)O)CC(C)(C)CC2=O. The van der Waals surface area contributed by atoms with Gasteiger partial charge >= 0.3 is 5.97 Å². The van der Waals surface area contributed by atoms with Gasteiger partial charge in [0.15, 0.2) is 15.6 Å². The number of carbonyl (C=O) groups excluding carboxylic acids is 1. The van der Waals surface area contributed by atoms with Crippen molar-refractivity contribution in [2.24, 2.45) is 5.41 Å². The zero-order valence-electron chi connectivity index (χ0n) is 20.8. The Balaban J connectivity index is 1.63. The summed E-state index contributed by atoms with van der Waals surface area (Å²) in [5, 5.41) is 9.15. The molecule has 0 spiro atoms. The van der Waals surface area contributed by atoms with E-state index in [0.29, 0.717) is 23.3 Å². The van der Waals surface area contributed by atoms with Gasteiger partial charge in [-0.3, -0.25) is 9.59 Å². The summed E-state index contributed by atoms with van der Waals surface area (Å²) in [6.07, 6.45) is 7.81. The minimum atomic E-state index is -3.38. The molecule has 1 fully saturated rings. The van der Waals surface area contributed by atoms with Gasteiger partial charge in [-0.15, -0.1) is 0 Å². The summed E-state index contributed by atoms with van der Waals surface area (Å²) >= 11 is 1.41. The van der Waals surface area contributed by atoms with E-state index in [9.17, 15) is 23.1 Å². The number of Topliss-reactive ketones (excluding diaryl/α,β-unsaturated/α-hetero) is 1. The molecule has 2 aliphatic carbocycles. The van der Waals surface area contributed by atoms with Gasteiger partial charge in [-0.2, -0.15) is 0 Å². The van der Waals surface area contributed by atoms with Crippen LogP contribution < -0.4 is 0 Å². The molecular weight excluding hydrogens is 482 g/mol. The number of aromatic nitrogens is 1. The number of rotatable bonds is 6. The quantitative estimate of drug-likeness (QED) is 0.500. The number of hydrogen-bond donors (Lipinski definition) is 1. The van der Waals surface area contributed by atoms with Gasteiger partial charge in [0.2, 0.25) is 0 Å². The van der Waals surface area contributed by atoms with Crippen LogP contribution in [-0.4, -0.2) is 35.1 Å². The molecule has 1 heterocycles. The summed E-state index contributed by atoms with van der Waals surface area (Å²) in [4.78, 5) is 26.6. The second kappa shape index (κ2) is 10.1. The van der Waals surface area contributed by atoms with Crippen molar-refractivity contribution < 1.29 is 23.1 Å². The number of hydrogen-bond acceptors (Lipinski definition) is 5. The van der Waals surface area contributed by atoms with Gasteiger partial charge in [0.25, 0.3) is 0 Å². The van der Waals surface area contributed by atoms with Crippen molar-refractivity contribution in [1.82, 2.24) is 4.57 Å². The van der Waals surface area contributed by atoms with Crippen LogP contribution in [0.5, 0.6) is 0 Å². The molecule has 0 bridgehead atoms. The van der Waals surface area contributed by atoms with Crippen LogP contribution in [0.2, 0.25) is 0 Å². The minimum absolute atomic E-state index is 0.0365. The number of ketones is 1. The van der Waals surface area contributed by atoms with Gasteiger partial charge in [0.1, 0.15) is 6.54 Å². The fraction of sp³-hybridized carbons (Fsp3) is 0.556. The highest BCUT2D eigenvalue weighted by Gasteiger charge is 2.37. The molecular formula is C27H35NO5S2. The number of nitrogens with zero attached hydrogens (tertiary/aromatic N) is 1. The Morgan fingerprint density at radius 2 is 1.66 bits per heavy atom. The Labute approximate surface area is 212 Å². The van der Waals surface area contributed by atoms with Gasteiger partial charge in [-0.05, 0) is 55.9 Å². The average Bonchev–Trinajstić information content (AvgIpc) is 2.98. The van der Waals surface area contributed by atoms with Crippen molar-refractivity contribution in [3.63, 3.8) is 0 Å². The molecule has 1 N–H and O–H groups in total. The molecule has 0 saturated heterocycles. The second-order valence-corrected chi connectivity index (χ2v) is 14.1. The van der Waals surface area contributed by atoms with E-state index in [1.54, 1.807) is 28.8 Å². The molecule has 0 amide bonds. The van der Waals surface area contributed by atoms with Gasteiger partial charge in [-0.25, -0.2) is 8.42 Å². The predicted octanol–water partition coefficient (Wildman–Crippen LogP) is 6.07. The highest BCUT2D eigenvalue weighted by Crippen LogP contribution is 2.44. The van der Waals surface area contributed by atoms with Crippen LogP contribution in [0.25, 0.3) is 0 Å². The molecule has 4 rings (SSSR count). The third-order valence-corrected chi connectivity index (χ3v) is 10.8. The molecule has 0 unspecified atom stereocenters. The zero-order valence-corrected chi connectivity index (χ0v) is 22.4. The molecule has 6 nitrogen and oxygen atoms in total. The van der Waals surface area contributed by atoms with Crippen LogP contribution in [-0.2, 0) is 27.6 Å². The lowest BCUT2D eigenvalue weighted by Crippen LogP contribution is -2.29. The van der Waals surface area contributed by atoms with Gasteiger partial charge in [0, 0.05) is 27.6 Å². The van der Waals surface area contributed by atoms with E-state index in [1.807, 2.05) is 20.8 Å². The van der Waals surface area contributed by atoms with Crippen molar-refractivity contribution >= 4 is 33.4 Å². The highest BCUT2D eigenvalue weighted by atomic mass is 32.2. The normalized spacial score (nSPS) is 19.1. The standard InChI is InChI=1S/C27H35NO5S2/c1-18-26(25-22(28(18)17-24(30)31)15-27(2,3)16-23(25)29)34-19-11-13-21(14-12-19)35(32,33)20-9-7-5-4-6-8-10-20/h11-14,20H,4-10,15-17H2,1-3H3,(H,30,31). The molecule has 190 valence electrons. The zero-order chi connectivity index (χ0) is 25.4. The van der Waals surface area contributed by atoms with E-state index in [2.05, 4.69) is 0 Å². The maximum Gasteiger partial charge on any atom is 0.323 e. The van der Waals surface area contributed by atoms with Gasteiger partial charge < -0.3 is 9.67 Å². The van der Waals surface area contributed by atoms with E-state index in [1.165, 1.54) is 18.2 Å². The third kappa shape index (κ3) is 5.53. The summed E-state index contributed by atoms with van der Waals surface area (Å²) in [6.45, 7) is 5.74. The lowest BCUT2D eigenvalue weighted by molar-refractivity contribution is -0.137. The Hall–Kier alpha value is -2.06. The number of sulfone groups is 1. The van der Waals surface area contributed by atoms with Crippen molar-refractivity contribution in [3.05, 3.63) is 41.2 Å². The van der Waals surface area contributed by atoms with Crippen LogP contribution in [0.1, 0.15) is 87.0 Å². The summed E-state index contributed by atoms with van der Waals surface area (Å²) in [5.74, 6) is -0.906. The van der Waals surface area contributed by atoms with E-state index < -0.39 is 15.8 Å². The molecule has 2 aliphatic rings. The van der Waals surface area contributed by atoms with Gasteiger partial charge in [0.05, 0.1) is 15.7 Å². The minimum Gasteiger partial charge on any atom is -0.480 e. The molecule has 8 heteroatoms. The lowest BCUT2D eigenvalue weighted by Gasteiger charge is -2.29. The van der Waals surface area contributed by atoms with E-state index >= 15 is 0 Å². The largest absolute Gasteiger partial charge is 0.480 e. The first-order valence-corrected chi connectivity index (χ1v) is 14.8. The van der Waals surface area contributed by atoms with E-state index in [4.69, 9.17) is 0 Å². The molecule has 0 atom stereocenters. The highest BCUT2D eigenvalue weighted by molar-refractivity contribution is 7.99. The van der Waals surface area contributed by atoms with Crippen LogP contribution in [0.4, 0.5) is 0 Å². The molecule has 0 radical (unpaired) electrons. The Bertz CT molecular complexity index is 1220. The smallest absolute Gasteiger partial charge is 0.323 e. The van der Waals surface area contributed by atoms with Crippen LogP contribution in [0.3, 0.4) is 0 Å². The maximum absolute atomic E-state index is 13.3. The summed E-state index contributed by atoms with van der Waals surface area (Å²) in [5.41, 5.74) is 1.95. The van der Waals surface area contributed by atoms with Crippen LogP contribution >= 0.6 is 11.8 Å². The number of aliphatic carboxylic acids is 1. The molecule has 0 aliphatic heterocycles. The first-order chi connectivity index (χ1) is 16.5. The Morgan fingerprint density at radius 3 is 2.26 bits per heavy atom. The maximum atomic E-state index is 13.3. The van der Waals surface area contributed by atoms with Crippen molar-refractivity contribution in [2.45, 2.75) is 105 Å². The second-order valence-electron chi connectivity index (χ2n) is 10.7. The van der Waals surface area contributed by atoms with E-state index in [-0.39, 0.29) is 23.0 Å². The summed E-state index contributed by atoms with van der Waals surface area (Å²) < 4.78 is 28.3. The molecule has 2 aromatic rings. The molecule has 1 aromatic carbocycles. The van der Waals surface area contributed by atoms with Crippen LogP contribution in [0, 0.1) is 12.3 Å². The average molecular weight is 518 g/mol. The van der Waals surface area contributed by atoms with Crippen molar-refractivity contribution in [1.29, 1.82) is 0 Å². The van der Waals surface area contributed by atoms with Gasteiger partial charge in [-0.1, -0.05) is 57.7 Å². The summed E-state index contributed by atoms with van der Waals surface area (Å²) in [7, 11) is -3.38. The summed E-state index contributed by atoms with van der Waals surface area (Å²) in [6, 6.07) is 6.96. The monoisotopic (exact) mass is 517 g/mol. The Morgan fingerprint density at radius 1 is 1.06 bits per heavy atom. The molecule has 1 saturated carbocycles. The molecule has 1 aromatic heterocycles. The predicted molar refractivity (Wildman–Crippen MR) is 137 cm³/mol. The number of carboxylic acid groups (broad SMARTS) is 1. The number of benzene rings is 1. The fourth-order valence-electron chi connectivity index (χ4n) is 5.49. The van der Waals surface area contributed by atoms with E-state index in [0.717, 1.165) is 59.7 Å². The van der Waals surface area contributed by atoms with Crippen LogP contribution in [0.15, 0.2) is 39.0 Å². The van der Waals surface area contributed by atoms with Crippen molar-refractivity contribution in [2.75, 3.05) is 0 Å². The first-order valence-electron chi connectivity index (χ1n) is 12.5. The molecule has 35 heavy (non-hydrogen) atoms. The number of carbonyl (C=O) groups is 2. The lowest BCUT2D eigenvalue weighted by atomic mass is 9.76. The third-order valence-electron chi connectivity index (χ3n) is 7.30. The number of carboxylic acids is 1. The first kappa shape index (κ1) is 26.0. The van der Waals surface area contributed by atoms with Crippen molar-refractivity contribution in [3.8, 4) is 0 Å².